The SMILES string of the molecule is O=C(NCCCN1CCCC1=O)NCc1ccccc1F. The van der Waals surface area contributed by atoms with Crippen LogP contribution in [0.4, 0.5) is 9.18 Å². The Hall–Kier alpha value is -2.11. The van der Waals surface area contributed by atoms with Crippen molar-refractivity contribution >= 4 is 11.9 Å². The van der Waals surface area contributed by atoms with Crippen LogP contribution in [0.5, 0.6) is 0 Å². The lowest BCUT2D eigenvalue weighted by atomic mass is 10.2. The molecular formula is C15H20FN3O2. The van der Waals surface area contributed by atoms with Crippen LogP contribution < -0.4 is 10.6 Å². The molecule has 1 fully saturated rings. The van der Waals surface area contributed by atoms with Gasteiger partial charge in [0, 0.05) is 38.2 Å². The number of likely N-dealkylation sites (tertiary alicyclic amines) is 1. The third-order valence-electron chi connectivity index (χ3n) is 3.46. The number of carbonyl (C=O) groups is 2. The summed E-state index contributed by atoms with van der Waals surface area (Å²) in [6.07, 6.45) is 2.28. The molecule has 0 radical (unpaired) electrons. The summed E-state index contributed by atoms with van der Waals surface area (Å²) in [5.74, 6) is -0.135. The van der Waals surface area contributed by atoms with Crippen molar-refractivity contribution in [1.29, 1.82) is 0 Å². The van der Waals surface area contributed by atoms with Crippen molar-refractivity contribution in [2.75, 3.05) is 19.6 Å². The highest BCUT2D eigenvalue weighted by Gasteiger charge is 2.18. The van der Waals surface area contributed by atoms with Crippen molar-refractivity contribution in [3.63, 3.8) is 0 Å². The van der Waals surface area contributed by atoms with Crippen LogP contribution in [-0.4, -0.2) is 36.5 Å². The first-order valence-electron chi connectivity index (χ1n) is 7.19. The van der Waals surface area contributed by atoms with Gasteiger partial charge in [-0.05, 0) is 18.9 Å². The van der Waals surface area contributed by atoms with Crippen molar-refractivity contribution in [1.82, 2.24) is 15.5 Å². The summed E-state index contributed by atoms with van der Waals surface area (Å²) in [4.78, 5) is 24.8. The summed E-state index contributed by atoms with van der Waals surface area (Å²) in [6.45, 7) is 2.14. The Morgan fingerprint density at radius 1 is 1.29 bits per heavy atom. The predicted octanol–water partition coefficient (Wildman–Crippen LogP) is 1.64. The van der Waals surface area contributed by atoms with Crippen LogP contribution in [0.25, 0.3) is 0 Å². The van der Waals surface area contributed by atoms with Crippen LogP contribution >= 0.6 is 0 Å². The predicted molar refractivity (Wildman–Crippen MR) is 77.1 cm³/mol. The van der Waals surface area contributed by atoms with Gasteiger partial charge < -0.3 is 15.5 Å². The van der Waals surface area contributed by atoms with E-state index in [1.807, 2.05) is 4.90 Å². The van der Waals surface area contributed by atoms with E-state index in [4.69, 9.17) is 0 Å². The molecule has 1 aromatic carbocycles. The summed E-state index contributed by atoms with van der Waals surface area (Å²) >= 11 is 0. The van der Waals surface area contributed by atoms with Crippen molar-refractivity contribution in [2.24, 2.45) is 0 Å². The van der Waals surface area contributed by atoms with E-state index in [0.29, 0.717) is 25.1 Å². The second-order valence-electron chi connectivity index (χ2n) is 5.04. The number of nitrogens with one attached hydrogen (secondary N) is 2. The van der Waals surface area contributed by atoms with Gasteiger partial charge in [0.2, 0.25) is 5.91 Å². The zero-order valence-corrected chi connectivity index (χ0v) is 11.9. The molecule has 1 heterocycles. The summed E-state index contributed by atoms with van der Waals surface area (Å²) < 4.78 is 13.3. The lowest BCUT2D eigenvalue weighted by molar-refractivity contribution is -0.127. The molecule has 6 heteroatoms. The van der Waals surface area contributed by atoms with Crippen LogP contribution in [0.3, 0.4) is 0 Å². The molecule has 1 aliphatic heterocycles. The number of hydrogen-bond acceptors (Lipinski definition) is 2. The van der Waals surface area contributed by atoms with E-state index < -0.39 is 0 Å². The molecular weight excluding hydrogens is 273 g/mol. The van der Waals surface area contributed by atoms with E-state index in [0.717, 1.165) is 19.4 Å². The third kappa shape index (κ3) is 4.73. The molecule has 114 valence electrons. The Morgan fingerprint density at radius 3 is 2.81 bits per heavy atom. The number of rotatable bonds is 6. The fourth-order valence-electron chi connectivity index (χ4n) is 2.29. The minimum atomic E-state index is -0.328. The Labute approximate surface area is 123 Å². The number of hydrogen-bond donors (Lipinski definition) is 2. The van der Waals surface area contributed by atoms with Crippen molar-refractivity contribution in [3.8, 4) is 0 Å². The van der Waals surface area contributed by atoms with Crippen LogP contribution in [0.2, 0.25) is 0 Å². The lowest BCUT2D eigenvalue weighted by Gasteiger charge is -2.15. The van der Waals surface area contributed by atoms with Crippen LogP contribution in [0, 0.1) is 5.82 Å². The normalized spacial score (nSPS) is 14.3. The third-order valence-corrected chi connectivity index (χ3v) is 3.46. The van der Waals surface area contributed by atoms with Crippen LogP contribution in [-0.2, 0) is 11.3 Å². The Kier molecular flexibility index (Phi) is 5.54. The molecule has 0 bridgehead atoms. The molecule has 0 atom stereocenters. The average molecular weight is 293 g/mol. The lowest BCUT2D eigenvalue weighted by Crippen LogP contribution is -2.37. The van der Waals surface area contributed by atoms with Gasteiger partial charge in [-0.15, -0.1) is 0 Å². The number of urea groups is 1. The molecule has 1 aliphatic rings. The summed E-state index contributed by atoms with van der Waals surface area (Å²) in [5, 5.41) is 5.31. The molecule has 1 aromatic rings. The summed E-state index contributed by atoms with van der Waals surface area (Å²) in [5.41, 5.74) is 0.454. The van der Waals surface area contributed by atoms with E-state index in [2.05, 4.69) is 10.6 Å². The van der Waals surface area contributed by atoms with E-state index in [1.54, 1.807) is 18.2 Å². The van der Waals surface area contributed by atoms with E-state index in [-0.39, 0.29) is 24.3 Å². The Balaban J connectivity index is 1.59. The second-order valence-corrected chi connectivity index (χ2v) is 5.04. The van der Waals surface area contributed by atoms with Crippen molar-refractivity contribution in [2.45, 2.75) is 25.8 Å². The quantitative estimate of drug-likeness (QED) is 0.783. The second kappa shape index (κ2) is 7.61. The van der Waals surface area contributed by atoms with Gasteiger partial charge in [-0.25, -0.2) is 9.18 Å². The van der Waals surface area contributed by atoms with Gasteiger partial charge in [0.15, 0.2) is 0 Å². The number of halogens is 1. The highest BCUT2D eigenvalue weighted by atomic mass is 19.1. The molecule has 1 saturated heterocycles. The summed E-state index contributed by atoms with van der Waals surface area (Å²) in [6, 6.07) is 6.01. The minimum absolute atomic E-state index is 0.156. The Bertz CT molecular complexity index is 507. The molecule has 0 saturated carbocycles. The highest BCUT2D eigenvalue weighted by Crippen LogP contribution is 2.09. The first-order chi connectivity index (χ1) is 10.2. The molecule has 2 rings (SSSR count). The molecule has 0 spiro atoms. The number of nitrogens with zero attached hydrogens (tertiary/aromatic N) is 1. The fraction of sp³-hybridized carbons (Fsp3) is 0.467. The molecule has 0 unspecified atom stereocenters. The smallest absolute Gasteiger partial charge is 0.315 e. The van der Waals surface area contributed by atoms with Crippen molar-refractivity contribution < 1.29 is 14.0 Å². The molecule has 21 heavy (non-hydrogen) atoms. The fourth-order valence-corrected chi connectivity index (χ4v) is 2.29. The molecule has 5 nitrogen and oxygen atoms in total. The first kappa shape index (κ1) is 15.3. The van der Waals surface area contributed by atoms with Crippen molar-refractivity contribution in [3.05, 3.63) is 35.6 Å². The first-order valence-corrected chi connectivity index (χ1v) is 7.19. The van der Waals surface area contributed by atoms with Gasteiger partial charge in [-0.3, -0.25) is 4.79 Å². The topological polar surface area (TPSA) is 61.4 Å². The molecule has 3 amide bonds. The molecule has 2 N–H and O–H groups in total. The zero-order valence-electron chi connectivity index (χ0n) is 11.9. The van der Waals surface area contributed by atoms with E-state index in [9.17, 15) is 14.0 Å². The van der Waals surface area contributed by atoms with Gasteiger partial charge in [-0.2, -0.15) is 0 Å². The standard InChI is InChI=1S/C15H20FN3O2/c16-13-6-2-1-5-12(13)11-18-15(21)17-8-4-10-19-9-3-7-14(19)20/h1-2,5-6H,3-4,7-11H2,(H2,17,18,21). The molecule has 0 aliphatic carbocycles. The number of benzene rings is 1. The largest absolute Gasteiger partial charge is 0.343 e. The van der Waals surface area contributed by atoms with Gasteiger partial charge >= 0.3 is 6.03 Å². The van der Waals surface area contributed by atoms with Gasteiger partial charge in [0.25, 0.3) is 0 Å². The number of carbonyl (C=O) groups excluding carboxylic acids is 2. The molecule has 0 aromatic heterocycles. The number of amides is 3. The van der Waals surface area contributed by atoms with E-state index in [1.165, 1.54) is 6.07 Å². The zero-order chi connectivity index (χ0) is 15.1. The maximum atomic E-state index is 13.3. The van der Waals surface area contributed by atoms with Crippen LogP contribution in [0.15, 0.2) is 24.3 Å². The minimum Gasteiger partial charge on any atom is -0.343 e. The summed E-state index contributed by atoms with van der Waals surface area (Å²) in [7, 11) is 0. The van der Waals surface area contributed by atoms with Gasteiger partial charge in [0.05, 0.1) is 0 Å². The average Bonchev–Trinajstić information content (AvgIpc) is 2.88. The monoisotopic (exact) mass is 293 g/mol. The maximum Gasteiger partial charge on any atom is 0.315 e. The van der Waals surface area contributed by atoms with Crippen LogP contribution in [0.1, 0.15) is 24.8 Å². The van der Waals surface area contributed by atoms with Gasteiger partial charge in [-0.1, -0.05) is 18.2 Å². The highest BCUT2D eigenvalue weighted by molar-refractivity contribution is 5.78. The van der Waals surface area contributed by atoms with E-state index >= 15 is 0 Å². The maximum absolute atomic E-state index is 13.3. The van der Waals surface area contributed by atoms with Gasteiger partial charge in [0.1, 0.15) is 5.82 Å². The Morgan fingerprint density at radius 2 is 2.10 bits per heavy atom.